The first kappa shape index (κ1) is 18.4. The SMILES string of the molecule is COc1ccc(C(=O)Nc2n[nH]c3ccccc23)cc1C(=O)NCCCN. The number of para-hydroxylation sites is 1. The Bertz CT molecular complexity index is 967. The number of hydrogen-bond donors (Lipinski definition) is 4. The van der Waals surface area contributed by atoms with Crippen LogP contribution < -0.4 is 21.1 Å². The number of benzene rings is 2. The third kappa shape index (κ3) is 4.06. The van der Waals surface area contributed by atoms with E-state index in [2.05, 4.69) is 20.8 Å². The summed E-state index contributed by atoms with van der Waals surface area (Å²) in [5.74, 6) is 0.133. The van der Waals surface area contributed by atoms with Gasteiger partial charge in [0.1, 0.15) is 5.75 Å². The van der Waals surface area contributed by atoms with Crippen molar-refractivity contribution in [3.05, 3.63) is 53.6 Å². The Balaban J connectivity index is 1.82. The van der Waals surface area contributed by atoms with Crippen molar-refractivity contribution in [2.75, 3.05) is 25.5 Å². The van der Waals surface area contributed by atoms with Gasteiger partial charge in [0.25, 0.3) is 11.8 Å². The van der Waals surface area contributed by atoms with Crippen LogP contribution in [0.1, 0.15) is 27.1 Å². The highest BCUT2D eigenvalue weighted by Gasteiger charge is 2.17. The number of amides is 2. The number of nitrogens with one attached hydrogen (secondary N) is 3. The second-order valence-electron chi connectivity index (χ2n) is 5.89. The fraction of sp³-hybridized carbons (Fsp3) is 0.211. The van der Waals surface area contributed by atoms with Crippen molar-refractivity contribution < 1.29 is 14.3 Å². The van der Waals surface area contributed by atoms with Crippen LogP contribution in [0.15, 0.2) is 42.5 Å². The summed E-state index contributed by atoms with van der Waals surface area (Å²) in [7, 11) is 1.47. The summed E-state index contributed by atoms with van der Waals surface area (Å²) >= 11 is 0. The van der Waals surface area contributed by atoms with Gasteiger partial charge in [-0.25, -0.2) is 0 Å². The zero-order valence-corrected chi connectivity index (χ0v) is 14.9. The van der Waals surface area contributed by atoms with Crippen LogP contribution in [0.3, 0.4) is 0 Å². The van der Waals surface area contributed by atoms with E-state index in [-0.39, 0.29) is 17.4 Å². The quantitative estimate of drug-likeness (QED) is 0.475. The average Bonchev–Trinajstić information content (AvgIpc) is 3.10. The van der Waals surface area contributed by atoms with Gasteiger partial charge in [-0.3, -0.25) is 14.7 Å². The van der Waals surface area contributed by atoms with Crippen LogP contribution >= 0.6 is 0 Å². The van der Waals surface area contributed by atoms with Crippen LogP contribution in [-0.4, -0.2) is 42.2 Å². The van der Waals surface area contributed by atoms with Crippen molar-refractivity contribution in [3.63, 3.8) is 0 Å². The molecule has 0 unspecified atom stereocenters. The molecule has 0 saturated carbocycles. The number of rotatable bonds is 7. The van der Waals surface area contributed by atoms with E-state index in [1.54, 1.807) is 12.1 Å². The first-order valence-electron chi connectivity index (χ1n) is 8.55. The molecule has 0 spiro atoms. The Kier molecular flexibility index (Phi) is 5.68. The number of hydrogen-bond acceptors (Lipinski definition) is 5. The monoisotopic (exact) mass is 367 g/mol. The standard InChI is InChI=1S/C19H21N5O3/c1-27-16-8-7-12(11-14(16)19(26)21-10-4-9-20)18(25)22-17-13-5-2-3-6-15(13)23-24-17/h2-3,5-8,11H,4,9-10,20H2,1H3,(H,21,26)(H2,22,23,24,25). The van der Waals surface area contributed by atoms with Crippen molar-refractivity contribution in [1.82, 2.24) is 15.5 Å². The van der Waals surface area contributed by atoms with Crippen molar-refractivity contribution in [2.24, 2.45) is 5.73 Å². The van der Waals surface area contributed by atoms with E-state index in [0.29, 0.717) is 36.6 Å². The molecule has 0 atom stereocenters. The molecule has 0 aliphatic carbocycles. The predicted octanol–water partition coefficient (Wildman–Crippen LogP) is 1.90. The van der Waals surface area contributed by atoms with Crippen LogP contribution in [0.4, 0.5) is 5.82 Å². The summed E-state index contributed by atoms with van der Waals surface area (Å²) in [6.07, 6.45) is 0.667. The molecule has 0 fully saturated rings. The minimum atomic E-state index is -0.370. The molecule has 0 aliphatic rings. The summed E-state index contributed by atoms with van der Waals surface area (Å²) in [6.45, 7) is 0.936. The first-order valence-corrected chi connectivity index (χ1v) is 8.55. The summed E-state index contributed by atoms with van der Waals surface area (Å²) in [5, 5.41) is 13.3. The highest BCUT2D eigenvalue weighted by molar-refractivity contribution is 6.09. The first-order chi connectivity index (χ1) is 13.1. The largest absolute Gasteiger partial charge is 0.496 e. The van der Waals surface area contributed by atoms with Crippen molar-refractivity contribution in [2.45, 2.75) is 6.42 Å². The number of nitrogens with two attached hydrogens (primary N) is 1. The molecule has 27 heavy (non-hydrogen) atoms. The Hall–Kier alpha value is -3.39. The van der Waals surface area contributed by atoms with Gasteiger partial charge in [0.15, 0.2) is 5.82 Å². The number of nitrogens with zero attached hydrogens (tertiary/aromatic N) is 1. The molecule has 0 saturated heterocycles. The lowest BCUT2D eigenvalue weighted by Crippen LogP contribution is -2.26. The summed E-state index contributed by atoms with van der Waals surface area (Å²) in [6, 6.07) is 12.2. The van der Waals surface area contributed by atoms with Crippen LogP contribution in [0.5, 0.6) is 5.75 Å². The maximum Gasteiger partial charge on any atom is 0.256 e. The van der Waals surface area contributed by atoms with Gasteiger partial charge in [-0.05, 0) is 43.3 Å². The Morgan fingerprint density at radius 2 is 2.00 bits per heavy atom. The van der Waals surface area contributed by atoms with E-state index in [0.717, 1.165) is 10.9 Å². The Labute approximate surface area is 156 Å². The molecule has 140 valence electrons. The molecule has 8 nitrogen and oxygen atoms in total. The molecule has 5 N–H and O–H groups in total. The number of aromatic amines is 1. The van der Waals surface area contributed by atoms with Gasteiger partial charge in [0.2, 0.25) is 0 Å². The van der Waals surface area contributed by atoms with E-state index in [1.807, 2.05) is 24.3 Å². The molecular formula is C19H21N5O3. The highest BCUT2D eigenvalue weighted by Crippen LogP contribution is 2.23. The molecule has 3 rings (SSSR count). The molecule has 0 bridgehead atoms. The lowest BCUT2D eigenvalue weighted by atomic mass is 10.1. The van der Waals surface area contributed by atoms with Crippen molar-refractivity contribution >= 4 is 28.5 Å². The molecule has 8 heteroatoms. The number of carbonyl (C=O) groups excluding carboxylic acids is 2. The van der Waals surface area contributed by atoms with Gasteiger partial charge in [-0.15, -0.1) is 0 Å². The number of ether oxygens (including phenoxy) is 1. The zero-order chi connectivity index (χ0) is 19.2. The lowest BCUT2D eigenvalue weighted by molar-refractivity contribution is 0.0950. The smallest absolute Gasteiger partial charge is 0.256 e. The van der Waals surface area contributed by atoms with E-state index in [9.17, 15) is 9.59 Å². The number of anilines is 1. The zero-order valence-electron chi connectivity index (χ0n) is 14.9. The second-order valence-corrected chi connectivity index (χ2v) is 5.89. The molecule has 0 radical (unpaired) electrons. The number of aromatic nitrogens is 2. The van der Waals surface area contributed by atoms with Gasteiger partial charge >= 0.3 is 0 Å². The third-order valence-corrected chi connectivity index (χ3v) is 4.08. The fourth-order valence-corrected chi connectivity index (χ4v) is 2.66. The summed E-state index contributed by atoms with van der Waals surface area (Å²) in [4.78, 5) is 25.0. The van der Waals surface area contributed by atoms with Crippen LogP contribution in [-0.2, 0) is 0 Å². The molecular weight excluding hydrogens is 346 g/mol. The van der Waals surface area contributed by atoms with Gasteiger partial charge < -0.3 is 21.1 Å². The molecule has 2 amide bonds. The molecule has 3 aromatic rings. The number of H-pyrrole nitrogens is 1. The maximum absolute atomic E-state index is 12.6. The number of fused-ring (bicyclic) bond motifs is 1. The Morgan fingerprint density at radius 1 is 1.19 bits per heavy atom. The van der Waals surface area contributed by atoms with E-state index < -0.39 is 0 Å². The normalized spacial score (nSPS) is 10.6. The van der Waals surface area contributed by atoms with Gasteiger partial charge in [-0.2, -0.15) is 5.10 Å². The van der Waals surface area contributed by atoms with Crippen molar-refractivity contribution in [3.8, 4) is 5.75 Å². The summed E-state index contributed by atoms with van der Waals surface area (Å²) < 4.78 is 5.24. The van der Waals surface area contributed by atoms with Crippen LogP contribution in [0.25, 0.3) is 10.9 Å². The highest BCUT2D eigenvalue weighted by atomic mass is 16.5. The van der Waals surface area contributed by atoms with Gasteiger partial charge in [-0.1, -0.05) is 12.1 Å². The number of carbonyl (C=O) groups is 2. The third-order valence-electron chi connectivity index (χ3n) is 4.08. The average molecular weight is 367 g/mol. The van der Waals surface area contributed by atoms with E-state index in [1.165, 1.54) is 13.2 Å². The van der Waals surface area contributed by atoms with E-state index >= 15 is 0 Å². The van der Waals surface area contributed by atoms with Gasteiger partial charge in [0.05, 0.1) is 18.2 Å². The minimum absolute atomic E-state index is 0.286. The number of methoxy groups -OCH3 is 1. The Morgan fingerprint density at radius 3 is 2.78 bits per heavy atom. The van der Waals surface area contributed by atoms with Crippen LogP contribution in [0, 0.1) is 0 Å². The molecule has 0 aliphatic heterocycles. The molecule has 2 aromatic carbocycles. The van der Waals surface area contributed by atoms with Crippen molar-refractivity contribution in [1.29, 1.82) is 0 Å². The molecule has 1 heterocycles. The summed E-state index contributed by atoms with van der Waals surface area (Å²) in [5.41, 5.74) is 6.87. The predicted molar refractivity (Wildman–Crippen MR) is 103 cm³/mol. The topological polar surface area (TPSA) is 122 Å². The lowest BCUT2D eigenvalue weighted by Gasteiger charge is -2.11. The van der Waals surface area contributed by atoms with E-state index in [4.69, 9.17) is 10.5 Å². The fourth-order valence-electron chi connectivity index (χ4n) is 2.66. The second kappa shape index (κ2) is 8.33. The molecule has 1 aromatic heterocycles. The van der Waals surface area contributed by atoms with Gasteiger partial charge in [0, 0.05) is 17.5 Å². The maximum atomic E-state index is 12.6. The van der Waals surface area contributed by atoms with Crippen LogP contribution in [0.2, 0.25) is 0 Å². The minimum Gasteiger partial charge on any atom is -0.496 e.